The van der Waals surface area contributed by atoms with Crippen LogP contribution in [0.15, 0.2) is 30.3 Å². The minimum absolute atomic E-state index is 0. The first-order chi connectivity index (χ1) is 9.29. The number of ether oxygens (including phenoxy) is 2. The number of carbonyl (C=O) groups excluding carboxylic acids is 2. The number of quaternary nitrogens is 1. The topological polar surface area (TPSA) is 52.6 Å². The zero-order valence-electron chi connectivity index (χ0n) is 12.8. The molecule has 1 rings (SSSR count). The fourth-order valence-corrected chi connectivity index (χ4v) is 1.39. The van der Waals surface area contributed by atoms with Crippen molar-refractivity contribution in [3.8, 4) is 0 Å². The van der Waals surface area contributed by atoms with Crippen LogP contribution in [0, 0.1) is 0 Å². The Kier molecular flexibility index (Phi) is 8.50. The van der Waals surface area contributed by atoms with Crippen molar-refractivity contribution in [3.05, 3.63) is 35.9 Å². The molecule has 1 atom stereocenters. The number of benzene rings is 1. The molecule has 6 heteroatoms. The van der Waals surface area contributed by atoms with E-state index in [1.165, 1.54) is 6.92 Å². The van der Waals surface area contributed by atoms with Gasteiger partial charge in [0.1, 0.15) is 13.2 Å². The van der Waals surface area contributed by atoms with Crippen LogP contribution in [0.2, 0.25) is 0 Å². The fourth-order valence-electron chi connectivity index (χ4n) is 1.39. The lowest BCUT2D eigenvalue weighted by Crippen LogP contribution is -3.00. The second-order valence-corrected chi connectivity index (χ2v) is 5.59. The van der Waals surface area contributed by atoms with Gasteiger partial charge in [0.15, 0.2) is 6.10 Å². The molecular formula is C15H22INO4. The summed E-state index contributed by atoms with van der Waals surface area (Å²) >= 11 is 0. The van der Waals surface area contributed by atoms with Crippen LogP contribution in [0.25, 0.3) is 0 Å². The van der Waals surface area contributed by atoms with Crippen molar-refractivity contribution in [1.29, 1.82) is 0 Å². The van der Waals surface area contributed by atoms with Crippen molar-refractivity contribution in [2.45, 2.75) is 13.0 Å². The molecule has 0 N–H and O–H groups in total. The smallest absolute Gasteiger partial charge is 0.347 e. The maximum Gasteiger partial charge on any atom is 0.347 e. The van der Waals surface area contributed by atoms with E-state index in [0.717, 1.165) is 0 Å². The Morgan fingerprint density at radius 2 is 1.71 bits per heavy atom. The first-order valence-electron chi connectivity index (χ1n) is 6.53. The third-order valence-corrected chi connectivity index (χ3v) is 2.63. The van der Waals surface area contributed by atoms with Crippen molar-refractivity contribution in [1.82, 2.24) is 0 Å². The van der Waals surface area contributed by atoms with Gasteiger partial charge in [-0.25, -0.2) is 9.59 Å². The lowest BCUT2D eigenvalue weighted by molar-refractivity contribution is -0.870. The molecule has 0 saturated carbocycles. The van der Waals surface area contributed by atoms with Gasteiger partial charge in [-0.15, -0.1) is 0 Å². The number of likely N-dealkylation sites (N-methyl/N-ethyl adjacent to an activating group) is 1. The summed E-state index contributed by atoms with van der Waals surface area (Å²) in [6, 6.07) is 8.55. The first kappa shape index (κ1) is 19.9. The molecule has 0 fully saturated rings. The van der Waals surface area contributed by atoms with E-state index in [9.17, 15) is 9.59 Å². The number of carbonyl (C=O) groups is 2. The Hall–Kier alpha value is -1.15. The third-order valence-electron chi connectivity index (χ3n) is 2.63. The summed E-state index contributed by atoms with van der Waals surface area (Å²) in [5, 5.41) is 0. The van der Waals surface area contributed by atoms with Crippen LogP contribution in [-0.4, -0.2) is 56.8 Å². The Balaban J connectivity index is 0.00000400. The second-order valence-electron chi connectivity index (χ2n) is 5.59. The van der Waals surface area contributed by atoms with E-state index >= 15 is 0 Å². The summed E-state index contributed by atoms with van der Waals surface area (Å²) in [5.41, 5.74) is 0.415. The molecule has 0 aliphatic carbocycles. The van der Waals surface area contributed by atoms with E-state index in [1.807, 2.05) is 21.1 Å². The van der Waals surface area contributed by atoms with Crippen molar-refractivity contribution in [2.75, 3.05) is 34.3 Å². The Morgan fingerprint density at radius 1 is 1.14 bits per heavy atom. The molecule has 1 unspecified atom stereocenters. The Morgan fingerprint density at radius 3 is 2.24 bits per heavy atom. The monoisotopic (exact) mass is 407 g/mol. The SMILES string of the molecule is CC(OC(=O)c1ccccc1)C(=O)OCC[N+](C)(C)C.[I-]. The van der Waals surface area contributed by atoms with Crippen LogP contribution >= 0.6 is 0 Å². The zero-order valence-corrected chi connectivity index (χ0v) is 15.0. The van der Waals surface area contributed by atoms with Gasteiger partial charge in [-0.05, 0) is 19.1 Å². The van der Waals surface area contributed by atoms with Crippen LogP contribution in [0.4, 0.5) is 0 Å². The van der Waals surface area contributed by atoms with Gasteiger partial charge >= 0.3 is 11.9 Å². The maximum atomic E-state index is 11.8. The molecule has 0 heterocycles. The summed E-state index contributed by atoms with van der Waals surface area (Å²) in [7, 11) is 6.02. The molecule has 0 aromatic heterocycles. The lowest BCUT2D eigenvalue weighted by atomic mass is 10.2. The van der Waals surface area contributed by atoms with Crippen molar-refractivity contribution < 1.29 is 47.5 Å². The van der Waals surface area contributed by atoms with Gasteiger partial charge in [-0.1, -0.05) is 18.2 Å². The van der Waals surface area contributed by atoms with E-state index in [-0.39, 0.29) is 24.0 Å². The average Bonchev–Trinajstić information content (AvgIpc) is 2.38. The van der Waals surface area contributed by atoms with E-state index in [1.54, 1.807) is 30.3 Å². The van der Waals surface area contributed by atoms with Crippen LogP contribution in [0.5, 0.6) is 0 Å². The molecule has 1 aromatic rings. The number of rotatable bonds is 6. The average molecular weight is 407 g/mol. The van der Waals surface area contributed by atoms with Gasteiger partial charge in [-0.2, -0.15) is 0 Å². The van der Waals surface area contributed by atoms with Gasteiger partial charge < -0.3 is 37.9 Å². The highest BCUT2D eigenvalue weighted by Crippen LogP contribution is 2.05. The molecule has 0 aliphatic heterocycles. The lowest BCUT2D eigenvalue weighted by Gasteiger charge is -2.23. The van der Waals surface area contributed by atoms with E-state index in [0.29, 0.717) is 23.2 Å². The minimum Gasteiger partial charge on any atom is -1.00 e. The molecular weight excluding hydrogens is 385 g/mol. The van der Waals surface area contributed by atoms with Crippen LogP contribution < -0.4 is 24.0 Å². The Labute approximate surface area is 142 Å². The zero-order chi connectivity index (χ0) is 15.2. The Bertz CT molecular complexity index is 456. The molecule has 0 spiro atoms. The summed E-state index contributed by atoms with van der Waals surface area (Å²) in [6.07, 6.45) is -0.907. The van der Waals surface area contributed by atoms with Gasteiger partial charge in [0.2, 0.25) is 0 Å². The second kappa shape index (κ2) is 8.99. The predicted molar refractivity (Wildman–Crippen MR) is 75.2 cm³/mol. The number of nitrogens with zero attached hydrogens (tertiary/aromatic N) is 1. The summed E-state index contributed by atoms with van der Waals surface area (Å²) in [6.45, 7) is 2.51. The van der Waals surface area contributed by atoms with Crippen molar-refractivity contribution in [2.24, 2.45) is 0 Å². The quantitative estimate of drug-likeness (QED) is 0.327. The normalized spacial score (nSPS) is 12.0. The molecule has 0 radical (unpaired) electrons. The van der Waals surface area contributed by atoms with Crippen molar-refractivity contribution >= 4 is 11.9 Å². The number of hydrogen-bond acceptors (Lipinski definition) is 4. The highest BCUT2D eigenvalue weighted by atomic mass is 127. The van der Waals surface area contributed by atoms with Crippen molar-refractivity contribution in [3.63, 3.8) is 0 Å². The maximum absolute atomic E-state index is 11.8. The van der Waals surface area contributed by atoms with Crippen LogP contribution in [-0.2, 0) is 14.3 Å². The summed E-state index contributed by atoms with van der Waals surface area (Å²) in [5.74, 6) is -1.05. The summed E-state index contributed by atoms with van der Waals surface area (Å²) in [4.78, 5) is 23.4. The largest absolute Gasteiger partial charge is 1.00 e. The third kappa shape index (κ3) is 8.01. The standard InChI is InChI=1S/C15H22NO4.HI/c1-12(14(17)19-11-10-16(2,3)4)20-15(18)13-8-6-5-7-9-13;/h5-9,12H,10-11H2,1-4H3;1H/q+1;/p-1. The molecule has 0 aliphatic rings. The molecule has 118 valence electrons. The fraction of sp³-hybridized carbons (Fsp3) is 0.467. The van der Waals surface area contributed by atoms with Crippen LogP contribution in [0.3, 0.4) is 0 Å². The van der Waals surface area contributed by atoms with E-state index in [4.69, 9.17) is 9.47 Å². The molecule has 0 bridgehead atoms. The highest BCUT2D eigenvalue weighted by molar-refractivity contribution is 5.91. The molecule has 5 nitrogen and oxygen atoms in total. The summed E-state index contributed by atoms with van der Waals surface area (Å²) < 4.78 is 10.8. The number of halogens is 1. The van der Waals surface area contributed by atoms with E-state index < -0.39 is 18.0 Å². The number of esters is 2. The molecule has 21 heavy (non-hydrogen) atoms. The molecule has 1 aromatic carbocycles. The first-order valence-corrected chi connectivity index (χ1v) is 6.53. The van der Waals surface area contributed by atoms with Gasteiger partial charge in [0.25, 0.3) is 0 Å². The highest BCUT2D eigenvalue weighted by Gasteiger charge is 2.20. The molecule has 0 saturated heterocycles. The van der Waals surface area contributed by atoms with Gasteiger partial charge in [0.05, 0.1) is 26.7 Å². The van der Waals surface area contributed by atoms with Gasteiger partial charge in [0, 0.05) is 0 Å². The minimum atomic E-state index is -0.907. The molecule has 0 amide bonds. The van der Waals surface area contributed by atoms with Gasteiger partial charge in [-0.3, -0.25) is 0 Å². The van der Waals surface area contributed by atoms with Crippen LogP contribution in [0.1, 0.15) is 17.3 Å². The number of hydrogen-bond donors (Lipinski definition) is 0. The predicted octanol–water partition coefficient (Wildman–Crippen LogP) is -1.51. The van der Waals surface area contributed by atoms with E-state index in [2.05, 4.69) is 0 Å².